The fraction of sp³-hybridized carbons (Fsp3) is 0.450. The maximum atomic E-state index is 13.0. The lowest BCUT2D eigenvalue weighted by atomic mass is 10.1. The molecule has 7 heteroatoms. The first-order valence-corrected chi connectivity index (χ1v) is 9.32. The molecule has 3 rings (SSSR count). The summed E-state index contributed by atoms with van der Waals surface area (Å²) < 4.78 is 0. The van der Waals surface area contributed by atoms with Crippen LogP contribution in [0.1, 0.15) is 37.7 Å². The largest absolute Gasteiger partial charge is 0.480 e. The Morgan fingerprint density at radius 1 is 1.22 bits per heavy atom. The Kier molecular flexibility index (Phi) is 5.78. The van der Waals surface area contributed by atoms with Gasteiger partial charge in [-0.2, -0.15) is 0 Å². The van der Waals surface area contributed by atoms with E-state index >= 15 is 0 Å². The molecule has 27 heavy (non-hydrogen) atoms. The summed E-state index contributed by atoms with van der Waals surface area (Å²) in [5, 5.41) is 15.3. The normalized spacial score (nSPS) is 22.8. The van der Waals surface area contributed by atoms with Crippen molar-refractivity contribution in [3.8, 4) is 0 Å². The number of nitrogens with one attached hydrogen (secondary N) is 1. The summed E-state index contributed by atoms with van der Waals surface area (Å²) >= 11 is 0. The summed E-state index contributed by atoms with van der Waals surface area (Å²) in [6.07, 6.45) is 2.92. The van der Waals surface area contributed by atoms with Crippen molar-refractivity contribution < 1.29 is 19.5 Å². The molecule has 2 atom stereocenters. The number of hydrazine groups is 1. The summed E-state index contributed by atoms with van der Waals surface area (Å²) in [7, 11) is 0. The molecular weight excluding hydrogens is 346 g/mol. The highest BCUT2D eigenvalue weighted by atomic mass is 16.4. The Labute approximate surface area is 158 Å². The quantitative estimate of drug-likeness (QED) is 0.822. The molecule has 7 nitrogen and oxygen atoms in total. The molecule has 2 heterocycles. The first-order valence-electron chi connectivity index (χ1n) is 9.32. The molecular formula is C20H25N3O4. The molecule has 1 aromatic rings. The van der Waals surface area contributed by atoms with Gasteiger partial charge in [0.15, 0.2) is 6.04 Å². The van der Waals surface area contributed by atoms with Crippen LogP contribution in [-0.4, -0.2) is 51.5 Å². The van der Waals surface area contributed by atoms with E-state index in [1.165, 1.54) is 5.01 Å². The highest BCUT2D eigenvalue weighted by Gasteiger charge is 2.42. The van der Waals surface area contributed by atoms with Gasteiger partial charge in [-0.15, -0.1) is 0 Å². The lowest BCUT2D eigenvalue weighted by Gasteiger charge is -2.43. The summed E-state index contributed by atoms with van der Waals surface area (Å²) in [5.74, 6) is -1.61. The van der Waals surface area contributed by atoms with Crippen molar-refractivity contribution in [3.63, 3.8) is 0 Å². The smallest absolute Gasteiger partial charge is 0.328 e. The number of rotatable bonds is 5. The number of fused-ring (bicyclic) bond motifs is 1. The predicted octanol–water partition coefficient (Wildman–Crippen LogP) is 1.70. The van der Waals surface area contributed by atoms with Crippen molar-refractivity contribution in [2.75, 3.05) is 6.54 Å². The van der Waals surface area contributed by atoms with Crippen LogP contribution in [0.5, 0.6) is 0 Å². The van der Waals surface area contributed by atoms with Crippen LogP contribution < -0.4 is 5.32 Å². The number of aliphatic carboxylic acids is 1. The number of amides is 2. The number of nitrogens with zero attached hydrogens (tertiary/aromatic N) is 2. The number of allylic oxidation sites excluding steroid dienone is 1. The second kappa shape index (κ2) is 8.24. The zero-order valence-electron chi connectivity index (χ0n) is 15.3. The third kappa shape index (κ3) is 4.30. The second-order valence-corrected chi connectivity index (χ2v) is 7.01. The number of benzene rings is 1. The molecule has 2 saturated heterocycles. The van der Waals surface area contributed by atoms with Crippen LogP contribution in [0, 0.1) is 0 Å². The molecule has 0 aromatic heterocycles. The van der Waals surface area contributed by atoms with Crippen molar-refractivity contribution in [1.29, 1.82) is 0 Å². The lowest BCUT2D eigenvalue weighted by molar-refractivity contribution is -0.170. The van der Waals surface area contributed by atoms with Gasteiger partial charge in [-0.3, -0.25) is 14.6 Å². The minimum absolute atomic E-state index is 0.208. The van der Waals surface area contributed by atoms with Crippen LogP contribution in [0.2, 0.25) is 0 Å². The van der Waals surface area contributed by atoms with E-state index in [1.807, 2.05) is 30.3 Å². The van der Waals surface area contributed by atoms with Gasteiger partial charge in [0, 0.05) is 18.7 Å². The van der Waals surface area contributed by atoms with Crippen molar-refractivity contribution in [2.24, 2.45) is 0 Å². The summed E-state index contributed by atoms with van der Waals surface area (Å²) in [6, 6.07) is 8.03. The first kappa shape index (κ1) is 18.9. The van der Waals surface area contributed by atoms with Crippen molar-refractivity contribution in [2.45, 2.75) is 50.6 Å². The van der Waals surface area contributed by atoms with E-state index < -0.39 is 18.1 Å². The van der Waals surface area contributed by atoms with E-state index in [9.17, 15) is 19.5 Å². The molecule has 2 aliphatic rings. The fourth-order valence-corrected chi connectivity index (χ4v) is 3.67. The molecule has 1 aromatic carbocycles. The number of carbonyl (C=O) groups is 3. The Morgan fingerprint density at radius 3 is 2.67 bits per heavy atom. The monoisotopic (exact) mass is 371 g/mol. The highest BCUT2D eigenvalue weighted by molar-refractivity contribution is 5.90. The Hall–Kier alpha value is -2.83. The van der Waals surface area contributed by atoms with Gasteiger partial charge in [0.1, 0.15) is 6.04 Å². The summed E-state index contributed by atoms with van der Waals surface area (Å²) in [5.41, 5.74) is 1.77. The van der Waals surface area contributed by atoms with Gasteiger partial charge in [0.2, 0.25) is 5.91 Å². The van der Waals surface area contributed by atoms with Crippen molar-refractivity contribution >= 4 is 17.8 Å². The van der Waals surface area contributed by atoms with Gasteiger partial charge >= 0.3 is 5.97 Å². The SMILES string of the molecule is C=C1CC[C@H](NC(=O)CCc2ccccc2)C(=O)N2[C@H](C(=O)O)CCCN12. The second-order valence-electron chi connectivity index (χ2n) is 7.01. The molecule has 2 amide bonds. The van der Waals surface area contributed by atoms with Gasteiger partial charge in [0.05, 0.1) is 0 Å². The standard InChI is InChI=1S/C20H25N3O4/c1-14-9-11-16(21-18(24)12-10-15-6-3-2-4-7-15)19(25)23-17(20(26)27)8-5-13-22(14)23/h2-4,6-7,16-17H,1,5,8-13H2,(H,21,24)(H,26,27)/t16-,17-/m0/s1. The zero-order valence-corrected chi connectivity index (χ0v) is 15.3. The summed E-state index contributed by atoms with van der Waals surface area (Å²) in [4.78, 5) is 37.0. The third-order valence-electron chi connectivity index (χ3n) is 5.12. The van der Waals surface area contributed by atoms with E-state index in [4.69, 9.17) is 0 Å². The number of aryl methyl sites for hydroxylation is 1. The molecule has 2 fully saturated rings. The zero-order chi connectivity index (χ0) is 19.4. The number of carbonyl (C=O) groups excluding carboxylic acids is 2. The molecule has 2 N–H and O–H groups in total. The third-order valence-corrected chi connectivity index (χ3v) is 5.12. The molecule has 0 spiro atoms. The van der Waals surface area contributed by atoms with Gasteiger partial charge in [0.25, 0.3) is 5.91 Å². The average molecular weight is 371 g/mol. The molecule has 0 radical (unpaired) electrons. The molecule has 0 saturated carbocycles. The minimum Gasteiger partial charge on any atom is -0.480 e. The van der Waals surface area contributed by atoms with E-state index in [2.05, 4.69) is 11.9 Å². The van der Waals surface area contributed by atoms with Crippen LogP contribution in [0.3, 0.4) is 0 Å². The molecule has 2 aliphatic heterocycles. The van der Waals surface area contributed by atoms with Crippen LogP contribution in [0.15, 0.2) is 42.6 Å². The van der Waals surface area contributed by atoms with Crippen molar-refractivity contribution in [1.82, 2.24) is 15.3 Å². The van der Waals surface area contributed by atoms with Gasteiger partial charge in [-0.1, -0.05) is 36.9 Å². The fourth-order valence-electron chi connectivity index (χ4n) is 3.67. The Bertz CT molecular complexity index is 734. The lowest BCUT2D eigenvalue weighted by Crippen LogP contribution is -2.60. The van der Waals surface area contributed by atoms with E-state index in [0.29, 0.717) is 38.6 Å². The average Bonchev–Trinajstić information content (AvgIpc) is 2.79. The summed E-state index contributed by atoms with van der Waals surface area (Å²) in [6.45, 7) is 4.58. The van der Waals surface area contributed by atoms with Gasteiger partial charge in [-0.25, -0.2) is 9.80 Å². The maximum absolute atomic E-state index is 13.0. The molecule has 144 valence electrons. The number of carboxylic acids is 1. The first-order chi connectivity index (χ1) is 13.0. The molecule has 0 bridgehead atoms. The highest BCUT2D eigenvalue weighted by Crippen LogP contribution is 2.28. The van der Waals surface area contributed by atoms with Crippen LogP contribution >= 0.6 is 0 Å². The topological polar surface area (TPSA) is 90.0 Å². The van der Waals surface area contributed by atoms with Crippen LogP contribution in [0.4, 0.5) is 0 Å². The minimum atomic E-state index is -1.03. The van der Waals surface area contributed by atoms with E-state index in [-0.39, 0.29) is 18.2 Å². The number of hydrogen-bond acceptors (Lipinski definition) is 4. The predicted molar refractivity (Wildman–Crippen MR) is 99.3 cm³/mol. The number of carboxylic acid groups (broad SMARTS) is 1. The van der Waals surface area contributed by atoms with Crippen LogP contribution in [0.25, 0.3) is 0 Å². The van der Waals surface area contributed by atoms with Gasteiger partial charge in [-0.05, 0) is 37.7 Å². The Morgan fingerprint density at radius 2 is 1.96 bits per heavy atom. The molecule has 0 unspecified atom stereocenters. The van der Waals surface area contributed by atoms with Crippen molar-refractivity contribution in [3.05, 3.63) is 48.2 Å². The maximum Gasteiger partial charge on any atom is 0.328 e. The number of hydrogen-bond donors (Lipinski definition) is 2. The molecule has 0 aliphatic carbocycles. The van der Waals surface area contributed by atoms with E-state index in [1.54, 1.807) is 5.01 Å². The van der Waals surface area contributed by atoms with Crippen LogP contribution in [-0.2, 0) is 20.8 Å². The van der Waals surface area contributed by atoms with E-state index in [0.717, 1.165) is 11.3 Å². The van der Waals surface area contributed by atoms with Gasteiger partial charge < -0.3 is 10.4 Å². The Balaban J connectivity index is 1.68.